The van der Waals surface area contributed by atoms with Gasteiger partial charge in [-0.15, -0.1) is 9.24 Å². The van der Waals surface area contributed by atoms with Gasteiger partial charge in [-0.3, -0.25) is 0 Å². The summed E-state index contributed by atoms with van der Waals surface area (Å²) in [6, 6.07) is 0.689. The minimum atomic E-state index is 0.288. The molecule has 0 aromatic rings. The molecule has 0 aliphatic carbocycles. The number of rotatable bonds is 4. The van der Waals surface area contributed by atoms with Crippen LogP contribution in [0.25, 0.3) is 0 Å². The van der Waals surface area contributed by atoms with Gasteiger partial charge in [-0.05, 0) is 19.3 Å². The zero-order valence-corrected chi connectivity index (χ0v) is 11.6. The average Bonchev–Trinajstić information content (AvgIpc) is 2.48. The predicted octanol–water partition coefficient (Wildman–Crippen LogP) is 2.03. The number of halogens is 1. The first-order valence-corrected chi connectivity index (χ1v) is 6.75. The maximum absolute atomic E-state index is 5.57. The molecule has 0 saturated carbocycles. The molecular formula is C9H19INOP. The van der Waals surface area contributed by atoms with Crippen molar-refractivity contribution < 1.29 is 4.74 Å². The third kappa shape index (κ3) is 4.41. The van der Waals surface area contributed by atoms with Gasteiger partial charge in [0.25, 0.3) is 0 Å². The third-order valence-corrected chi connectivity index (χ3v) is 3.47. The lowest BCUT2D eigenvalue weighted by atomic mass is 10.1. The number of alkyl halides is 1. The Bertz CT molecular complexity index is 155. The van der Waals surface area contributed by atoms with Gasteiger partial charge in [-0.2, -0.15) is 0 Å². The van der Waals surface area contributed by atoms with Crippen molar-refractivity contribution in [3.05, 3.63) is 0 Å². The first-order valence-electron chi connectivity index (χ1n) is 4.84. The summed E-state index contributed by atoms with van der Waals surface area (Å²) in [4.78, 5) is 0. The van der Waals surface area contributed by atoms with E-state index in [0.29, 0.717) is 12.0 Å². The van der Waals surface area contributed by atoms with Crippen molar-refractivity contribution in [3.8, 4) is 0 Å². The van der Waals surface area contributed by atoms with Crippen molar-refractivity contribution in [2.24, 2.45) is 5.92 Å². The number of nitrogens with one attached hydrogen (secondary N) is 1. The van der Waals surface area contributed by atoms with E-state index >= 15 is 0 Å². The highest BCUT2D eigenvalue weighted by Gasteiger charge is 2.26. The summed E-state index contributed by atoms with van der Waals surface area (Å²) in [7, 11) is 2.67. The topological polar surface area (TPSA) is 21.3 Å². The Morgan fingerprint density at radius 1 is 1.62 bits per heavy atom. The van der Waals surface area contributed by atoms with E-state index < -0.39 is 0 Å². The first kappa shape index (κ1) is 12.2. The minimum absolute atomic E-state index is 0.288. The van der Waals surface area contributed by atoms with Crippen LogP contribution in [0, 0.1) is 5.92 Å². The van der Waals surface area contributed by atoms with Crippen molar-refractivity contribution in [1.29, 1.82) is 0 Å². The van der Waals surface area contributed by atoms with Gasteiger partial charge in [0.2, 0.25) is 0 Å². The smallest absolute Gasteiger partial charge is 0.0680 e. The van der Waals surface area contributed by atoms with Crippen molar-refractivity contribution >= 4 is 31.8 Å². The largest absolute Gasteiger partial charge is 0.374 e. The molecule has 1 aliphatic rings. The van der Waals surface area contributed by atoms with Crippen LogP contribution in [-0.4, -0.2) is 29.0 Å². The van der Waals surface area contributed by atoms with Gasteiger partial charge in [0.05, 0.1) is 12.5 Å². The second kappa shape index (κ2) is 5.84. The van der Waals surface area contributed by atoms with Gasteiger partial charge in [-0.25, -0.2) is 0 Å². The molecule has 0 radical (unpaired) electrons. The first-order chi connectivity index (χ1) is 6.09. The Morgan fingerprint density at radius 2 is 2.31 bits per heavy atom. The van der Waals surface area contributed by atoms with Crippen LogP contribution in [0.1, 0.15) is 20.3 Å². The summed E-state index contributed by atoms with van der Waals surface area (Å²) in [5, 5.41) is 3.54. The number of ether oxygens (including phenoxy) is 1. The van der Waals surface area contributed by atoms with Crippen LogP contribution in [-0.2, 0) is 4.74 Å². The summed E-state index contributed by atoms with van der Waals surface area (Å²) in [5.41, 5.74) is 0. The Morgan fingerprint density at radius 3 is 2.77 bits per heavy atom. The fourth-order valence-corrected chi connectivity index (χ4v) is 2.27. The lowest BCUT2D eigenvalue weighted by Crippen LogP contribution is -2.28. The van der Waals surface area contributed by atoms with Crippen LogP contribution in [0.3, 0.4) is 0 Å². The van der Waals surface area contributed by atoms with Crippen LogP contribution in [0.2, 0.25) is 0 Å². The Hall–Kier alpha value is 1.08. The van der Waals surface area contributed by atoms with Crippen molar-refractivity contribution in [2.75, 3.05) is 13.2 Å². The Kier molecular flexibility index (Phi) is 5.46. The maximum atomic E-state index is 5.57. The van der Waals surface area contributed by atoms with Crippen LogP contribution in [0.4, 0.5) is 0 Å². The average molecular weight is 315 g/mol. The highest BCUT2D eigenvalue weighted by molar-refractivity contribution is 14.1. The molecular weight excluding hydrogens is 296 g/mol. The quantitative estimate of drug-likeness (QED) is 0.487. The molecule has 0 aromatic heterocycles. The molecule has 1 rings (SSSR count). The molecule has 2 nitrogen and oxygen atoms in total. The van der Waals surface area contributed by atoms with E-state index in [1.807, 2.05) is 0 Å². The molecule has 0 bridgehead atoms. The van der Waals surface area contributed by atoms with Crippen LogP contribution >= 0.6 is 31.8 Å². The van der Waals surface area contributed by atoms with E-state index in [2.05, 4.69) is 51.0 Å². The standard InChI is InChI=1S/C9H19INOP/c1-6(10)9-3-8(4-11-9)5-12-7(2)13/h6-9,11H,3-5,13H2,1-2H3/t6?,7?,8?,9-/m0/s1. The molecule has 0 amide bonds. The van der Waals surface area contributed by atoms with Gasteiger partial charge in [0.1, 0.15) is 0 Å². The molecule has 5 atom stereocenters. The molecule has 4 heteroatoms. The molecule has 4 unspecified atom stereocenters. The lowest BCUT2D eigenvalue weighted by molar-refractivity contribution is 0.0943. The summed E-state index contributed by atoms with van der Waals surface area (Å²) in [6.45, 7) is 6.35. The van der Waals surface area contributed by atoms with E-state index in [9.17, 15) is 0 Å². The van der Waals surface area contributed by atoms with Gasteiger partial charge in [0, 0.05) is 16.5 Å². The highest BCUT2D eigenvalue weighted by Crippen LogP contribution is 2.21. The van der Waals surface area contributed by atoms with E-state index in [-0.39, 0.29) is 5.85 Å². The van der Waals surface area contributed by atoms with E-state index in [1.165, 1.54) is 6.42 Å². The molecule has 1 aliphatic heterocycles. The minimum Gasteiger partial charge on any atom is -0.374 e. The van der Waals surface area contributed by atoms with Crippen LogP contribution in [0.5, 0.6) is 0 Å². The van der Waals surface area contributed by atoms with E-state index in [0.717, 1.165) is 17.1 Å². The predicted molar refractivity (Wildman–Crippen MR) is 68.5 cm³/mol. The molecule has 1 heterocycles. The molecule has 1 saturated heterocycles. The molecule has 0 spiro atoms. The zero-order chi connectivity index (χ0) is 9.84. The van der Waals surface area contributed by atoms with E-state index in [1.54, 1.807) is 0 Å². The van der Waals surface area contributed by atoms with Crippen LogP contribution in [0.15, 0.2) is 0 Å². The monoisotopic (exact) mass is 315 g/mol. The SMILES string of the molecule is CC(P)OCC1CN[C@H](C(C)I)C1. The fourth-order valence-electron chi connectivity index (χ4n) is 1.61. The summed E-state index contributed by atoms with van der Waals surface area (Å²) in [5.74, 6) is 1.00. The number of hydrogen-bond acceptors (Lipinski definition) is 2. The van der Waals surface area contributed by atoms with Crippen molar-refractivity contribution in [3.63, 3.8) is 0 Å². The van der Waals surface area contributed by atoms with Crippen LogP contribution < -0.4 is 5.32 Å². The molecule has 13 heavy (non-hydrogen) atoms. The summed E-state index contributed by atoms with van der Waals surface area (Å²) >= 11 is 2.49. The summed E-state index contributed by atoms with van der Waals surface area (Å²) < 4.78 is 6.29. The molecule has 78 valence electrons. The Balaban J connectivity index is 2.17. The van der Waals surface area contributed by atoms with Crippen molar-refractivity contribution in [1.82, 2.24) is 5.32 Å². The second-order valence-electron chi connectivity index (χ2n) is 3.83. The molecule has 0 aromatic carbocycles. The number of hydrogen-bond donors (Lipinski definition) is 1. The van der Waals surface area contributed by atoms with E-state index in [4.69, 9.17) is 4.74 Å². The lowest BCUT2D eigenvalue weighted by Gasteiger charge is -2.14. The van der Waals surface area contributed by atoms with Gasteiger partial charge < -0.3 is 10.1 Å². The Labute approximate surface area is 96.9 Å². The second-order valence-corrected chi connectivity index (χ2v) is 6.74. The van der Waals surface area contributed by atoms with Gasteiger partial charge in [-0.1, -0.05) is 29.5 Å². The fraction of sp³-hybridized carbons (Fsp3) is 1.00. The normalized spacial score (nSPS) is 33.2. The van der Waals surface area contributed by atoms with Gasteiger partial charge >= 0.3 is 0 Å². The molecule has 1 fully saturated rings. The maximum Gasteiger partial charge on any atom is 0.0680 e. The third-order valence-electron chi connectivity index (χ3n) is 2.41. The zero-order valence-electron chi connectivity index (χ0n) is 8.29. The molecule has 1 N–H and O–H groups in total. The highest BCUT2D eigenvalue weighted by atomic mass is 127. The summed E-state index contributed by atoms with van der Waals surface area (Å²) in [6.07, 6.45) is 1.27. The van der Waals surface area contributed by atoms with Gasteiger partial charge in [0.15, 0.2) is 0 Å². The van der Waals surface area contributed by atoms with Crippen molar-refractivity contribution in [2.45, 2.75) is 36.1 Å².